The molecule has 1 aliphatic rings. The Hall–Kier alpha value is -1.47. The van der Waals surface area contributed by atoms with Gasteiger partial charge in [-0.3, -0.25) is 4.79 Å². The summed E-state index contributed by atoms with van der Waals surface area (Å²) in [6.45, 7) is 4.23. The zero-order valence-electron chi connectivity index (χ0n) is 11.5. The number of hydrogen-bond acceptors (Lipinski definition) is 5. The van der Waals surface area contributed by atoms with Crippen molar-refractivity contribution < 1.29 is 19.4 Å². The fourth-order valence-corrected chi connectivity index (χ4v) is 2.94. The number of nitrogens with zero attached hydrogens (tertiary/aromatic N) is 1. The van der Waals surface area contributed by atoms with Crippen molar-refractivity contribution in [1.29, 1.82) is 0 Å². The molecule has 0 bridgehead atoms. The van der Waals surface area contributed by atoms with Crippen LogP contribution in [-0.2, 0) is 9.53 Å². The van der Waals surface area contributed by atoms with E-state index in [1.54, 1.807) is 13.8 Å². The smallest absolute Gasteiger partial charge is 0.326 e. The highest BCUT2D eigenvalue weighted by atomic mass is 32.1. The highest BCUT2D eigenvalue weighted by molar-refractivity contribution is 7.13. The monoisotopic (exact) mass is 298 g/mol. The van der Waals surface area contributed by atoms with Crippen molar-refractivity contribution in [3.05, 3.63) is 16.1 Å². The summed E-state index contributed by atoms with van der Waals surface area (Å²) in [5, 5.41) is 12.4. The van der Waals surface area contributed by atoms with Crippen molar-refractivity contribution in [1.82, 2.24) is 10.3 Å². The summed E-state index contributed by atoms with van der Waals surface area (Å²) in [5.74, 6) is -1.60. The van der Waals surface area contributed by atoms with Crippen molar-refractivity contribution in [3.8, 4) is 0 Å². The summed E-state index contributed by atoms with van der Waals surface area (Å²) >= 11 is 1.26. The van der Waals surface area contributed by atoms with E-state index >= 15 is 0 Å². The molecule has 1 unspecified atom stereocenters. The molecule has 1 aliphatic heterocycles. The number of aliphatic carboxylic acids is 1. The third-order valence-corrected chi connectivity index (χ3v) is 4.26. The molecule has 2 rings (SSSR count). The Kier molecular flexibility index (Phi) is 4.72. The van der Waals surface area contributed by atoms with Gasteiger partial charge in [-0.1, -0.05) is 13.8 Å². The molecule has 1 saturated heterocycles. The number of carbonyl (C=O) groups excluding carboxylic acids is 1. The first-order chi connectivity index (χ1) is 9.49. The fourth-order valence-electron chi connectivity index (χ4n) is 2.04. The molecular formula is C13H18N2O4S. The van der Waals surface area contributed by atoms with Crippen LogP contribution in [0.4, 0.5) is 0 Å². The molecule has 2 heterocycles. The first kappa shape index (κ1) is 14.9. The zero-order chi connectivity index (χ0) is 14.7. The molecule has 0 aromatic carbocycles. The molecule has 0 radical (unpaired) electrons. The van der Waals surface area contributed by atoms with Gasteiger partial charge in [-0.05, 0) is 18.8 Å². The van der Waals surface area contributed by atoms with Crippen molar-refractivity contribution in [2.24, 2.45) is 5.92 Å². The summed E-state index contributed by atoms with van der Waals surface area (Å²) in [5.41, 5.74) is 0. The Bertz CT molecular complexity index is 494. The van der Waals surface area contributed by atoms with Gasteiger partial charge in [0, 0.05) is 6.61 Å². The van der Waals surface area contributed by atoms with Crippen LogP contribution in [0.1, 0.15) is 47.5 Å². The number of ether oxygens (including phenoxy) is 1. The molecule has 1 aromatic rings. The van der Waals surface area contributed by atoms with E-state index in [1.165, 1.54) is 17.5 Å². The van der Waals surface area contributed by atoms with Gasteiger partial charge in [0.25, 0.3) is 5.91 Å². The average molecular weight is 298 g/mol. The second-order valence-electron chi connectivity index (χ2n) is 5.10. The molecule has 0 aliphatic carbocycles. The van der Waals surface area contributed by atoms with Crippen LogP contribution >= 0.6 is 11.3 Å². The summed E-state index contributed by atoms with van der Waals surface area (Å²) in [6.07, 6.45) is 3.37. The molecule has 1 fully saturated rings. The van der Waals surface area contributed by atoms with Gasteiger partial charge in [-0.15, -0.1) is 11.3 Å². The lowest BCUT2D eigenvalue weighted by molar-refractivity contribution is -0.140. The molecule has 1 aromatic heterocycles. The lowest BCUT2D eigenvalue weighted by Gasteiger charge is -2.17. The van der Waals surface area contributed by atoms with Gasteiger partial charge in [0.05, 0.1) is 6.20 Å². The number of rotatable bonds is 5. The van der Waals surface area contributed by atoms with Gasteiger partial charge in [0.1, 0.15) is 22.0 Å². The lowest BCUT2D eigenvalue weighted by Crippen LogP contribution is -2.44. The highest BCUT2D eigenvalue weighted by Gasteiger charge is 2.26. The van der Waals surface area contributed by atoms with E-state index < -0.39 is 17.9 Å². The van der Waals surface area contributed by atoms with Crippen molar-refractivity contribution in [2.75, 3.05) is 6.61 Å². The number of carboxylic acid groups (broad SMARTS) is 1. The van der Waals surface area contributed by atoms with Crippen molar-refractivity contribution in [3.63, 3.8) is 0 Å². The summed E-state index contributed by atoms with van der Waals surface area (Å²) in [4.78, 5) is 27.7. The Balaban J connectivity index is 2.03. The summed E-state index contributed by atoms with van der Waals surface area (Å²) in [6, 6.07) is -0.893. The van der Waals surface area contributed by atoms with Gasteiger partial charge in [-0.2, -0.15) is 0 Å². The predicted molar refractivity (Wildman–Crippen MR) is 73.8 cm³/mol. The van der Waals surface area contributed by atoms with Crippen LogP contribution < -0.4 is 5.32 Å². The minimum absolute atomic E-state index is 0.0260. The van der Waals surface area contributed by atoms with E-state index in [2.05, 4.69) is 10.3 Å². The number of aromatic nitrogens is 1. The number of nitrogens with one attached hydrogen (secondary N) is 1. The Morgan fingerprint density at radius 3 is 2.85 bits per heavy atom. The van der Waals surface area contributed by atoms with E-state index in [1.807, 2.05) is 0 Å². The molecule has 20 heavy (non-hydrogen) atoms. The Morgan fingerprint density at radius 1 is 1.55 bits per heavy atom. The standard InChI is InChI=1S/C13H18N2O4S/c1-7(2)10(13(17)18)15-11(16)9-6-14-12(20-9)8-4-3-5-19-8/h6-8,10H,3-5H2,1-2H3,(H,15,16)(H,17,18)/t8?,10-/m1/s1. The normalized spacial score (nSPS) is 20.1. The quantitative estimate of drug-likeness (QED) is 0.866. The lowest BCUT2D eigenvalue weighted by atomic mass is 10.0. The maximum absolute atomic E-state index is 12.0. The minimum atomic E-state index is -1.03. The largest absolute Gasteiger partial charge is 0.480 e. The van der Waals surface area contributed by atoms with Gasteiger partial charge >= 0.3 is 5.97 Å². The van der Waals surface area contributed by atoms with Crippen LogP contribution in [-0.4, -0.2) is 34.6 Å². The number of carbonyl (C=O) groups is 2. The maximum Gasteiger partial charge on any atom is 0.326 e. The second-order valence-corrected chi connectivity index (χ2v) is 6.16. The van der Waals surface area contributed by atoms with Crippen LogP contribution in [0.2, 0.25) is 0 Å². The number of carboxylic acids is 1. The van der Waals surface area contributed by atoms with Gasteiger partial charge in [-0.25, -0.2) is 9.78 Å². The molecule has 7 heteroatoms. The molecular weight excluding hydrogens is 280 g/mol. The van der Waals surface area contributed by atoms with Gasteiger partial charge in [0.2, 0.25) is 0 Å². The Morgan fingerprint density at radius 2 is 2.30 bits per heavy atom. The van der Waals surface area contributed by atoms with E-state index in [9.17, 15) is 9.59 Å². The first-order valence-corrected chi connectivity index (χ1v) is 7.41. The molecule has 6 nitrogen and oxygen atoms in total. The molecule has 0 spiro atoms. The van der Waals surface area contributed by atoms with Crippen molar-refractivity contribution >= 4 is 23.2 Å². The average Bonchev–Trinajstić information content (AvgIpc) is 3.04. The molecule has 1 amide bonds. The molecule has 2 atom stereocenters. The highest BCUT2D eigenvalue weighted by Crippen LogP contribution is 2.31. The van der Waals surface area contributed by atoms with Crippen LogP contribution in [0.3, 0.4) is 0 Å². The Labute approximate surface area is 121 Å². The zero-order valence-corrected chi connectivity index (χ0v) is 12.3. The topological polar surface area (TPSA) is 88.5 Å². The number of thiazole rings is 1. The van der Waals surface area contributed by atoms with E-state index in [-0.39, 0.29) is 12.0 Å². The molecule has 0 saturated carbocycles. The summed E-state index contributed by atoms with van der Waals surface area (Å²) < 4.78 is 5.51. The van der Waals surface area contributed by atoms with Gasteiger partial charge < -0.3 is 15.2 Å². The van der Waals surface area contributed by atoms with Crippen LogP contribution in [0.25, 0.3) is 0 Å². The van der Waals surface area contributed by atoms with Gasteiger partial charge in [0.15, 0.2) is 0 Å². The van der Waals surface area contributed by atoms with E-state index in [0.717, 1.165) is 24.5 Å². The SMILES string of the molecule is CC(C)[C@@H](NC(=O)c1cnc(C2CCCO2)s1)C(=O)O. The first-order valence-electron chi connectivity index (χ1n) is 6.60. The predicted octanol–water partition coefficient (Wildman–Crippen LogP) is 1.83. The molecule has 110 valence electrons. The molecule has 2 N–H and O–H groups in total. The third kappa shape index (κ3) is 3.34. The number of amides is 1. The van der Waals surface area contributed by atoms with E-state index in [4.69, 9.17) is 9.84 Å². The van der Waals surface area contributed by atoms with E-state index in [0.29, 0.717) is 4.88 Å². The minimum Gasteiger partial charge on any atom is -0.480 e. The maximum atomic E-state index is 12.0. The third-order valence-electron chi connectivity index (χ3n) is 3.17. The van der Waals surface area contributed by atoms with Crippen LogP contribution in [0, 0.1) is 5.92 Å². The second kappa shape index (κ2) is 6.32. The van der Waals surface area contributed by atoms with Crippen molar-refractivity contribution in [2.45, 2.75) is 38.8 Å². The number of hydrogen-bond donors (Lipinski definition) is 2. The van der Waals surface area contributed by atoms with Crippen LogP contribution in [0.5, 0.6) is 0 Å². The fraction of sp³-hybridized carbons (Fsp3) is 0.615. The summed E-state index contributed by atoms with van der Waals surface area (Å²) in [7, 11) is 0. The van der Waals surface area contributed by atoms with Crippen LogP contribution in [0.15, 0.2) is 6.20 Å².